The van der Waals surface area contributed by atoms with E-state index in [0.29, 0.717) is 11.3 Å². The van der Waals surface area contributed by atoms with E-state index in [2.05, 4.69) is 20.4 Å². The van der Waals surface area contributed by atoms with Crippen LogP contribution in [0, 0.1) is 11.6 Å². The van der Waals surface area contributed by atoms with Crippen LogP contribution in [0.4, 0.5) is 8.78 Å². The molecule has 2 aromatic rings. The Balaban J connectivity index is 1.87. The van der Waals surface area contributed by atoms with Crippen LogP contribution in [0.15, 0.2) is 30.5 Å². The Labute approximate surface area is 139 Å². The molecule has 0 radical (unpaired) electrons. The summed E-state index contributed by atoms with van der Waals surface area (Å²) in [6.07, 6.45) is 2.25. The van der Waals surface area contributed by atoms with Crippen molar-refractivity contribution >= 4 is 5.91 Å². The Morgan fingerprint density at radius 3 is 2.75 bits per heavy atom. The summed E-state index contributed by atoms with van der Waals surface area (Å²) in [5, 5.41) is 9.38. The van der Waals surface area contributed by atoms with Crippen LogP contribution >= 0.6 is 0 Å². The number of amides is 1. The van der Waals surface area contributed by atoms with Crippen LogP contribution in [0.2, 0.25) is 0 Å². The summed E-state index contributed by atoms with van der Waals surface area (Å²) >= 11 is 0. The first-order chi connectivity index (χ1) is 11.5. The Morgan fingerprint density at radius 2 is 2.12 bits per heavy atom. The van der Waals surface area contributed by atoms with Crippen molar-refractivity contribution in [2.24, 2.45) is 0 Å². The summed E-state index contributed by atoms with van der Waals surface area (Å²) in [7, 11) is 0. The monoisotopic (exact) mass is 334 g/mol. The molecule has 1 aliphatic heterocycles. The first-order valence-electron chi connectivity index (χ1n) is 7.98. The van der Waals surface area contributed by atoms with Crippen molar-refractivity contribution in [1.29, 1.82) is 0 Å². The van der Waals surface area contributed by atoms with Gasteiger partial charge in [0, 0.05) is 18.8 Å². The number of hydrogen-bond donors (Lipinski definition) is 2. The summed E-state index contributed by atoms with van der Waals surface area (Å²) in [6, 6.07) is 5.36. The number of benzene rings is 1. The molecule has 1 fully saturated rings. The Hall–Kier alpha value is -2.28. The Kier molecular flexibility index (Phi) is 4.62. The van der Waals surface area contributed by atoms with Crippen molar-refractivity contribution in [3.8, 4) is 0 Å². The molecule has 0 spiro atoms. The van der Waals surface area contributed by atoms with Crippen LogP contribution in [0.25, 0.3) is 0 Å². The van der Waals surface area contributed by atoms with Crippen LogP contribution in [0.3, 0.4) is 0 Å². The van der Waals surface area contributed by atoms with E-state index in [1.54, 1.807) is 12.1 Å². The zero-order chi connectivity index (χ0) is 17.3. The van der Waals surface area contributed by atoms with Gasteiger partial charge in [0.15, 0.2) is 11.6 Å². The predicted molar refractivity (Wildman–Crippen MR) is 85.4 cm³/mol. The van der Waals surface area contributed by atoms with Crippen LogP contribution in [-0.4, -0.2) is 39.6 Å². The molecule has 0 bridgehead atoms. The maximum atomic E-state index is 13.7. The van der Waals surface area contributed by atoms with E-state index in [-0.39, 0.29) is 24.0 Å². The van der Waals surface area contributed by atoms with Gasteiger partial charge in [-0.2, -0.15) is 5.10 Å². The van der Waals surface area contributed by atoms with E-state index >= 15 is 0 Å². The molecule has 1 amide bonds. The number of halogens is 2. The molecular weight excluding hydrogens is 314 g/mol. The minimum absolute atomic E-state index is 0.187. The number of nitrogens with zero attached hydrogens (tertiary/aromatic N) is 2. The molecular formula is C17H20F2N4O. The molecule has 0 saturated carbocycles. The van der Waals surface area contributed by atoms with E-state index in [4.69, 9.17) is 0 Å². The molecule has 1 aromatic heterocycles. The number of H-pyrrole nitrogens is 1. The lowest BCUT2D eigenvalue weighted by Gasteiger charge is -2.32. The molecule has 1 aromatic carbocycles. The van der Waals surface area contributed by atoms with E-state index in [0.717, 1.165) is 19.0 Å². The molecule has 128 valence electrons. The third kappa shape index (κ3) is 3.17. The molecule has 7 heteroatoms. The minimum Gasteiger partial charge on any atom is -0.346 e. The van der Waals surface area contributed by atoms with Crippen molar-refractivity contribution in [3.63, 3.8) is 0 Å². The van der Waals surface area contributed by atoms with Gasteiger partial charge in [-0.05, 0) is 44.0 Å². The molecule has 2 heterocycles. The maximum absolute atomic E-state index is 13.7. The molecule has 3 rings (SSSR count). The molecule has 5 nitrogen and oxygen atoms in total. The van der Waals surface area contributed by atoms with Crippen LogP contribution in [-0.2, 0) is 0 Å². The highest BCUT2D eigenvalue weighted by Gasteiger charge is 2.38. The van der Waals surface area contributed by atoms with Crippen LogP contribution in [0.5, 0.6) is 0 Å². The van der Waals surface area contributed by atoms with Gasteiger partial charge in [-0.3, -0.25) is 14.8 Å². The van der Waals surface area contributed by atoms with Gasteiger partial charge in [0.1, 0.15) is 5.69 Å². The van der Waals surface area contributed by atoms with Gasteiger partial charge >= 0.3 is 0 Å². The number of aromatic amines is 1. The van der Waals surface area contributed by atoms with Crippen LogP contribution < -0.4 is 5.32 Å². The van der Waals surface area contributed by atoms with E-state index in [1.807, 2.05) is 13.8 Å². The first kappa shape index (κ1) is 16.6. The average molecular weight is 334 g/mol. The predicted octanol–water partition coefficient (Wildman–Crippen LogP) is 2.64. The van der Waals surface area contributed by atoms with Gasteiger partial charge in [-0.25, -0.2) is 8.78 Å². The lowest BCUT2D eigenvalue weighted by molar-refractivity contribution is 0.0914. The summed E-state index contributed by atoms with van der Waals surface area (Å²) in [5.41, 5.74) is 1.04. The number of likely N-dealkylation sites (tertiary alicyclic amines) is 1. The van der Waals surface area contributed by atoms with Crippen molar-refractivity contribution in [2.45, 2.75) is 38.4 Å². The highest BCUT2D eigenvalue weighted by Crippen LogP contribution is 2.34. The number of nitrogens with one attached hydrogen (secondary N) is 2. The van der Waals surface area contributed by atoms with Gasteiger partial charge < -0.3 is 5.32 Å². The molecule has 2 N–H and O–H groups in total. The van der Waals surface area contributed by atoms with Gasteiger partial charge in [-0.1, -0.05) is 6.07 Å². The number of hydrogen-bond acceptors (Lipinski definition) is 3. The quantitative estimate of drug-likeness (QED) is 0.904. The van der Waals surface area contributed by atoms with Gasteiger partial charge in [0.05, 0.1) is 12.1 Å². The molecule has 24 heavy (non-hydrogen) atoms. The van der Waals surface area contributed by atoms with Gasteiger partial charge in [0.25, 0.3) is 5.91 Å². The highest BCUT2D eigenvalue weighted by molar-refractivity contribution is 5.92. The first-order valence-corrected chi connectivity index (χ1v) is 7.98. The van der Waals surface area contributed by atoms with Crippen molar-refractivity contribution in [2.75, 3.05) is 6.54 Å². The van der Waals surface area contributed by atoms with E-state index in [9.17, 15) is 13.6 Å². The van der Waals surface area contributed by atoms with E-state index in [1.165, 1.54) is 12.3 Å². The second-order valence-electron chi connectivity index (χ2n) is 6.29. The fourth-order valence-corrected chi connectivity index (χ4v) is 3.30. The number of carbonyl (C=O) groups is 1. The zero-order valence-electron chi connectivity index (χ0n) is 13.6. The molecule has 1 aliphatic rings. The standard InChI is InChI=1S/C17H20F2N4O/c1-10(2)23-8-6-14(21-17(24)15-5-7-20-22-15)16(23)11-3-4-12(18)13(19)9-11/h3-5,7,9-10,14,16H,6,8H2,1-2H3,(H,20,22)(H,21,24)/t14-,16-/m0/s1. The molecule has 2 atom stereocenters. The van der Waals surface area contributed by atoms with Crippen LogP contribution in [0.1, 0.15) is 42.4 Å². The topological polar surface area (TPSA) is 61.0 Å². The normalized spacial score (nSPS) is 21.4. The Bertz CT molecular complexity index is 717. The van der Waals surface area contributed by atoms with Crippen molar-refractivity contribution < 1.29 is 13.6 Å². The van der Waals surface area contributed by atoms with Gasteiger partial charge in [0.2, 0.25) is 0 Å². The Morgan fingerprint density at radius 1 is 1.33 bits per heavy atom. The zero-order valence-corrected chi connectivity index (χ0v) is 13.6. The molecule has 1 saturated heterocycles. The minimum atomic E-state index is -0.873. The lowest BCUT2D eigenvalue weighted by Crippen LogP contribution is -2.41. The summed E-state index contributed by atoms with van der Waals surface area (Å²) < 4.78 is 26.9. The fraction of sp³-hybridized carbons (Fsp3) is 0.412. The second kappa shape index (κ2) is 6.68. The van der Waals surface area contributed by atoms with Crippen molar-refractivity contribution in [1.82, 2.24) is 20.4 Å². The molecule has 0 aliphatic carbocycles. The summed E-state index contributed by atoms with van der Waals surface area (Å²) in [6.45, 7) is 4.87. The SMILES string of the molecule is CC(C)N1CC[C@H](NC(=O)c2ccn[nH]2)[C@@H]1c1ccc(F)c(F)c1. The number of rotatable bonds is 4. The summed E-state index contributed by atoms with van der Waals surface area (Å²) in [5.74, 6) is -2.00. The molecule has 0 unspecified atom stereocenters. The number of carbonyl (C=O) groups excluding carboxylic acids is 1. The third-order valence-corrected chi connectivity index (χ3v) is 4.45. The number of aromatic nitrogens is 2. The second-order valence-corrected chi connectivity index (χ2v) is 6.29. The maximum Gasteiger partial charge on any atom is 0.269 e. The highest BCUT2D eigenvalue weighted by atomic mass is 19.2. The third-order valence-electron chi connectivity index (χ3n) is 4.45. The summed E-state index contributed by atoms with van der Waals surface area (Å²) in [4.78, 5) is 14.5. The average Bonchev–Trinajstić information content (AvgIpc) is 3.19. The fourth-order valence-electron chi connectivity index (χ4n) is 3.30. The lowest BCUT2D eigenvalue weighted by atomic mass is 9.99. The van der Waals surface area contributed by atoms with Crippen molar-refractivity contribution in [3.05, 3.63) is 53.4 Å². The van der Waals surface area contributed by atoms with E-state index < -0.39 is 11.6 Å². The largest absolute Gasteiger partial charge is 0.346 e. The smallest absolute Gasteiger partial charge is 0.269 e. The van der Waals surface area contributed by atoms with Gasteiger partial charge in [-0.15, -0.1) is 0 Å².